The van der Waals surface area contributed by atoms with Gasteiger partial charge in [-0.2, -0.15) is 0 Å². The third-order valence-corrected chi connectivity index (χ3v) is 8.41. The monoisotopic (exact) mass is 533 g/mol. The molecule has 2 aromatic carbocycles. The van der Waals surface area contributed by atoms with E-state index in [2.05, 4.69) is 25.0 Å². The number of nitrogens with one attached hydrogen (secondary N) is 2. The Morgan fingerprint density at radius 1 is 0.842 bits per heavy atom. The Morgan fingerprint density at radius 3 is 2.58 bits per heavy atom. The Morgan fingerprint density at radius 2 is 1.66 bits per heavy atom. The van der Waals surface area contributed by atoms with Gasteiger partial charge in [0.15, 0.2) is 11.5 Å². The molecule has 5 heterocycles. The standard InChI is InChI=1S/C26H23N5O6S/c32-38(33,22-5-1-3-15-4-2-9-27-23(15)22)31-19-13-35-24-18(12-34-25(19)24)30-26-28-10-8-17(29-26)16-6-7-20-21(11-16)37-14-36-20/h1-11,18-19,24-25,31H,12-14H2,(H,28,29,30)/t18-,19-,24+,25+/m0/s1. The smallest absolute Gasteiger partial charge is 0.243 e. The first-order valence-corrected chi connectivity index (χ1v) is 13.6. The van der Waals surface area contributed by atoms with Crippen molar-refractivity contribution in [1.82, 2.24) is 19.7 Å². The molecule has 0 unspecified atom stereocenters. The Kier molecular flexibility index (Phi) is 5.62. The minimum Gasteiger partial charge on any atom is -0.454 e. The van der Waals surface area contributed by atoms with Gasteiger partial charge in [-0.15, -0.1) is 0 Å². The molecule has 11 nitrogen and oxygen atoms in total. The van der Waals surface area contributed by atoms with Crippen LogP contribution in [-0.2, 0) is 19.5 Å². The molecule has 4 atom stereocenters. The first-order chi connectivity index (χ1) is 18.5. The number of para-hydroxylation sites is 1. The van der Waals surface area contributed by atoms with Crippen molar-refractivity contribution in [2.45, 2.75) is 29.2 Å². The Labute approximate surface area is 218 Å². The van der Waals surface area contributed by atoms with Gasteiger partial charge < -0.3 is 24.3 Å². The molecule has 0 radical (unpaired) electrons. The van der Waals surface area contributed by atoms with E-state index in [1.165, 1.54) is 0 Å². The molecule has 2 N–H and O–H groups in total. The number of aromatic nitrogens is 3. The Bertz CT molecular complexity index is 1630. The summed E-state index contributed by atoms with van der Waals surface area (Å²) in [5.41, 5.74) is 2.01. The van der Waals surface area contributed by atoms with Gasteiger partial charge in [-0.1, -0.05) is 18.2 Å². The Balaban J connectivity index is 1.06. The molecule has 12 heteroatoms. The number of ether oxygens (including phenoxy) is 4. The maximum Gasteiger partial charge on any atom is 0.243 e. The van der Waals surface area contributed by atoms with Crippen LogP contribution in [0.4, 0.5) is 5.95 Å². The predicted octanol–water partition coefficient (Wildman–Crippen LogP) is 2.35. The average molecular weight is 534 g/mol. The molecule has 2 aromatic heterocycles. The molecule has 0 saturated carbocycles. The van der Waals surface area contributed by atoms with Crippen LogP contribution in [0.25, 0.3) is 22.2 Å². The molecule has 4 aromatic rings. The molecule has 0 aliphatic carbocycles. The van der Waals surface area contributed by atoms with Crippen LogP contribution in [0.5, 0.6) is 11.5 Å². The molecular weight excluding hydrogens is 510 g/mol. The van der Waals surface area contributed by atoms with Crippen LogP contribution < -0.4 is 19.5 Å². The molecular formula is C26H23N5O6S. The van der Waals surface area contributed by atoms with Crippen LogP contribution in [0, 0.1) is 0 Å². The summed E-state index contributed by atoms with van der Waals surface area (Å²) in [6.45, 7) is 0.708. The van der Waals surface area contributed by atoms with Gasteiger partial charge in [-0.3, -0.25) is 4.98 Å². The van der Waals surface area contributed by atoms with E-state index >= 15 is 0 Å². The van der Waals surface area contributed by atoms with Crippen LogP contribution in [0.1, 0.15) is 0 Å². The fraction of sp³-hybridized carbons (Fsp3) is 0.269. The van der Waals surface area contributed by atoms with Gasteiger partial charge in [0.25, 0.3) is 0 Å². The highest BCUT2D eigenvalue weighted by atomic mass is 32.2. The lowest BCUT2D eigenvalue weighted by atomic mass is 10.1. The Hall–Kier alpha value is -3.84. The van der Waals surface area contributed by atoms with Gasteiger partial charge in [0, 0.05) is 23.3 Å². The fourth-order valence-electron chi connectivity index (χ4n) is 5.09. The molecule has 38 heavy (non-hydrogen) atoms. The van der Waals surface area contributed by atoms with E-state index in [0.717, 1.165) is 16.6 Å². The SMILES string of the molecule is O=S(=O)(N[C@H]1CO[C@H]2[C@@H]1OC[C@@H]2Nc1nccc(-c2ccc3c(c2)OCO3)n1)c1cccc2cccnc12. The zero-order valence-corrected chi connectivity index (χ0v) is 20.8. The highest BCUT2D eigenvalue weighted by Gasteiger charge is 2.49. The first kappa shape index (κ1) is 23.3. The molecule has 194 valence electrons. The summed E-state index contributed by atoms with van der Waals surface area (Å²) in [7, 11) is -3.86. The van der Waals surface area contributed by atoms with Gasteiger partial charge in [0.2, 0.25) is 22.8 Å². The molecule has 3 aliphatic heterocycles. The van der Waals surface area contributed by atoms with Crippen LogP contribution >= 0.6 is 0 Å². The molecule has 0 amide bonds. The minimum atomic E-state index is -3.86. The minimum absolute atomic E-state index is 0.125. The molecule has 3 aliphatic rings. The maximum absolute atomic E-state index is 13.3. The van der Waals surface area contributed by atoms with E-state index in [0.29, 0.717) is 29.6 Å². The normalized spacial score (nSPS) is 24.0. The van der Waals surface area contributed by atoms with Crippen molar-refractivity contribution in [2.24, 2.45) is 0 Å². The van der Waals surface area contributed by atoms with E-state index in [-0.39, 0.29) is 30.4 Å². The number of benzene rings is 2. The van der Waals surface area contributed by atoms with E-state index in [4.69, 9.17) is 18.9 Å². The molecule has 2 fully saturated rings. The van der Waals surface area contributed by atoms with Crippen molar-refractivity contribution >= 4 is 26.9 Å². The van der Waals surface area contributed by atoms with Gasteiger partial charge >= 0.3 is 0 Å². The highest BCUT2D eigenvalue weighted by molar-refractivity contribution is 7.89. The van der Waals surface area contributed by atoms with Crippen LogP contribution in [0.2, 0.25) is 0 Å². The number of rotatable bonds is 6. The summed E-state index contributed by atoms with van der Waals surface area (Å²) in [5.74, 6) is 1.80. The van der Waals surface area contributed by atoms with Crippen molar-refractivity contribution in [3.8, 4) is 22.8 Å². The quantitative estimate of drug-likeness (QED) is 0.380. The number of hydrogen-bond donors (Lipinski definition) is 2. The first-order valence-electron chi connectivity index (χ1n) is 12.1. The van der Waals surface area contributed by atoms with E-state index in [1.54, 1.807) is 30.6 Å². The average Bonchev–Trinajstić information content (AvgIpc) is 3.66. The summed E-state index contributed by atoms with van der Waals surface area (Å²) < 4.78 is 52.2. The number of anilines is 1. The molecule has 0 spiro atoms. The molecule has 0 bridgehead atoms. The van der Waals surface area contributed by atoms with Gasteiger partial charge in [-0.05, 0) is 36.4 Å². The largest absolute Gasteiger partial charge is 0.454 e. The van der Waals surface area contributed by atoms with Crippen LogP contribution in [0.3, 0.4) is 0 Å². The van der Waals surface area contributed by atoms with Crippen LogP contribution in [-0.4, -0.2) is 67.7 Å². The van der Waals surface area contributed by atoms with E-state index in [1.807, 2.05) is 36.4 Å². The van der Waals surface area contributed by atoms with Crippen molar-refractivity contribution in [1.29, 1.82) is 0 Å². The zero-order chi connectivity index (χ0) is 25.7. The zero-order valence-electron chi connectivity index (χ0n) is 20.0. The number of hydrogen-bond acceptors (Lipinski definition) is 10. The summed E-state index contributed by atoms with van der Waals surface area (Å²) in [4.78, 5) is 13.4. The summed E-state index contributed by atoms with van der Waals surface area (Å²) in [6.07, 6.45) is 2.43. The van der Waals surface area contributed by atoms with E-state index in [9.17, 15) is 8.42 Å². The number of fused-ring (bicyclic) bond motifs is 3. The molecule has 7 rings (SSSR count). The maximum atomic E-state index is 13.3. The summed E-state index contributed by atoms with van der Waals surface area (Å²) in [5, 5.41) is 4.05. The lowest BCUT2D eigenvalue weighted by Crippen LogP contribution is -2.44. The topological polar surface area (TPSA) is 134 Å². The number of nitrogens with zero attached hydrogens (tertiary/aromatic N) is 3. The second kappa shape index (κ2) is 9.17. The lowest BCUT2D eigenvalue weighted by Gasteiger charge is -2.19. The van der Waals surface area contributed by atoms with Crippen molar-refractivity contribution in [3.63, 3.8) is 0 Å². The van der Waals surface area contributed by atoms with Crippen LogP contribution in [0.15, 0.2) is 71.9 Å². The van der Waals surface area contributed by atoms with Crippen molar-refractivity contribution in [3.05, 3.63) is 67.0 Å². The second-order valence-electron chi connectivity index (χ2n) is 9.24. The predicted molar refractivity (Wildman–Crippen MR) is 136 cm³/mol. The van der Waals surface area contributed by atoms with Gasteiger partial charge in [-0.25, -0.2) is 23.1 Å². The van der Waals surface area contributed by atoms with Crippen molar-refractivity contribution in [2.75, 3.05) is 25.3 Å². The third-order valence-electron chi connectivity index (χ3n) is 6.88. The fourth-order valence-corrected chi connectivity index (χ4v) is 6.50. The number of sulfonamides is 1. The van der Waals surface area contributed by atoms with Gasteiger partial charge in [0.1, 0.15) is 17.1 Å². The summed E-state index contributed by atoms with van der Waals surface area (Å²) in [6, 6.07) is 15.4. The lowest BCUT2D eigenvalue weighted by molar-refractivity contribution is 0.0690. The molecule has 2 saturated heterocycles. The highest BCUT2D eigenvalue weighted by Crippen LogP contribution is 2.36. The number of pyridine rings is 1. The summed E-state index contributed by atoms with van der Waals surface area (Å²) >= 11 is 0. The third kappa shape index (κ3) is 4.11. The van der Waals surface area contributed by atoms with Crippen molar-refractivity contribution < 1.29 is 27.4 Å². The van der Waals surface area contributed by atoms with Gasteiger partial charge in [0.05, 0.1) is 36.5 Å². The van der Waals surface area contributed by atoms with E-state index < -0.39 is 22.2 Å². The second-order valence-corrected chi connectivity index (χ2v) is 10.9.